The van der Waals surface area contributed by atoms with Crippen LogP contribution in [0.2, 0.25) is 0 Å². The second-order valence-electron chi connectivity index (χ2n) is 11.9. The number of hydrogen-bond donors (Lipinski definition) is 0. The molecule has 0 aliphatic heterocycles. The molecule has 49 heavy (non-hydrogen) atoms. The quantitative estimate of drug-likeness (QED) is 0.175. The van der Waals surface area contributed by atoms with E-state index < -0.39 is 84.1 Å². The molecule has 0 aliphatic rings. The topological polar surface area (TPSA) is 13.1 Å². The molecule has 0 aliphatic carbocycles. The fourth-order valence-electron chi connectivity index (χ4n) is 6.98. The van der Waals surface area contributed by atoms with Gasteiger partial charge in [0.1, 0.15) is 11.2 Å². The van der Waals surface area contributed by atoms with Crippen LogP contribution in [0.5, 0.6) is 0 Å². The molecular weight excluding hydrogens is 593 g/mol. The number of benzene rings is 9. The summed E-state index contributed by atoms with van der Waals surface area (Å²) in [6, 6.07) is 25.2. The predicted molar refractivity (Wildman–Crippen MR) is 208 cm³/mol. The molecule has 0 N–H and O–H groups in total. The third kappa shape index (κ3) is 4.47. The molecule has 0 amide bonds. The van der Waals surface area contributed by atoms with Crippen LogP contribution in [0, 0.1) is 0 Å². The molecule has 1 heteroatoms. The van der Waals surface area contributed by atoms with Gasteiger partial charge in [-0.3, -0.25) is 0 Å². The van der Waals surface area contributed by atoms with E-state index in [1.807, 2.05) is 72.8 Å². The van der Waals surface area contributed by atoms with Gasteiger partial charge in [-0.2, -0.15) is 0 Å². The number of fused-ring (bicyclic) bond motifs is 6. The largest absolute Gasteiger partial charge is 0.456 e. The predicted octanol–water partition coefficient (Wildman–Crippen LogP) is 13.7. The van der Waals surface area contributed by atoms with E-state index in [9.17, 15) is 5.48 Å². The third-order valence-electron chi connectivity index (χ3n) is 9.17. The van der Waals surface area contributed by atoms with E-state index in [1.54, 1.807) is 12.1 Å². The first-order valence-electron chi connectivity index (χ1n) is 22.3. The van der Waals surface area contributed by atoms with Crippen LogP contribution in [-0.2, 0) is 0 Å². The summed E-state index contributed by atoms with van der Waals surface area (Å²) >= 11 is 0. The Balaban J connectivity index is 1.26. The van der Waals surface area contributed by atoms with Gasteiger partial charge >= 0.3 is 0 Å². The van der Waals surface area contributed by atoms with Crippen LogP contribution in [0.15, 0.2) is 186 Å². The van der Waals surface area contributed by atoms with Gasteiger partial charge in [0.2, 0.25) is 0 Å². The Morgan fingerprint density at radius 3 is 1.65 bits per heavy atom. The van der Waals surface area contributed by atoms with Crippen molar-refractivity contribution in [3.8, 4) is 44.5 Å². The second-order valence-corrected chi connectivity index (χ2v) is 11.9. The molecule has 1 aromatic heterocycles. The van der Waals surface area contributed by atoms with Gasteiger partial charge in [0.05, 0.1) is 17.8 Å². The first kappa shape index (κ1) is 17.6. The Hall–Kier alpha value is -6.44. The lowest BCUT2D eigenvalue weighted by Crippen LogP contribution is -1.90. The Bertz CT molecular complexity index is 3510. The van der Waals surface area contributed by atoms with E-state index in [1.165, 1.54) is 0 Å². The highest BCUT2D eigenvalue weighted by atomic mass is 16.3. The molecule has 0 radical (unpaired) electrons. The van der Waals surface area contributed by atoms with Crippen LogP contribution in [-0.4, -0.2) is 0 Å². The van der Waals surface area contributed by atoms with Crippen LogP contribution in [0.4, 0.5) is 0 Å². The summed E-state index contributed by atoms with van der Waals surface area (Å²) in [4.78, 5) is 0. The normalized spacial score (nSPS) is 15.4. The van der Waals surface area contributed by atoms with E-state index in [-0.39, 0.29) is 32.7 Å². The van der Waals surface area contributed by atoms with E-state index in [0.29, 0.717) is 5.56 Å². The van der Waals surface area contributed by atoms with Gasteiger partial charge in [-0.1, -0.05) is 151 Å². The van der Waals surface area contributed by atoms with E-state index in [2.05, 4.69) is 18.2 Å². The Morgan fingerprint density at radius 1 is 0.367 bits per heavy atom. The SMILES string of the molecule is [2H]c1c([2H])c([2H])c(-c2c3c([2H])c([2H])c([2H])c([2H])c3c(-c3ccc4cc(-c5cccc6oc7ccc(-c8ccccc8)cc7c56)ccc4c3)c3c([2H])c([2H])c([2H])c([2H])c23)c([2H])c1[2H]. The number of hydrogen-bond acceptors (Lipinski definition) is 1. The van der Waals surface area contributed by atoms with Crippen LogP contribution in [0.1, 0.15) is 17.8 Å². The van der Waals surface area contributed by atoms with Crippen LogP contribution in [0.3, 0.4) is 0 Å². The Labute approximate surface area is 302 Å². The molecule has 10 aromatic rings. The van der Waals surface area contributed by atoms with Crippen molar-refractivity contribution in [1.29, 1.82) is 0 Å². The molecule has 0 atom stereocenters. The highest BCUT2D eigenvalue weighted by Crippen LogP contribution is 2.45. The van der Waals surface area contributed by atoms with Crippen LogP contribution >= 0.6 is 0 Å². The van der Waals surface area contributed by atoms with Gasteiger partial charge in [0.15, 0.2) is 0 Å². The van der Waals surface area contributed by atoms with Gasteiger partial charge in [0.25, 0.3) is 0 Å². The highest BCUT2D eigenvalue weighted by Gasteiger charge is 2.17. The molecule has 228 valence electrons. The average Bonchev–Trinajstić information content (AvgIpc) is 3.67. The van der Waals surface area contributed by atoms with Gasteiger partial charge in [-0.25, -0.2) is 0 Å². The summed E-state index contributed by atoms with van der Waals surface area (Å²) in [6.45, 7) is 0. The van der Waals surface area contributed by atoms with Crippen LogP contribution in [0.25, 0.3) is 98.8 Å². The monoisotopic (exact) mass is 635 g/mol. The molecule has 0 bridgehead atoms. The molecular formula is C48H30O. The minimum Gasteiger partial charge on any atom is -0.456 e. The zero-order valence-corrected chi connectivity index (χ0v) is 25.7. The molecule has 1 heterocycles. The molecule has 0 saturated heterocycles. The maximum atomic E-state index is 9.27. The Kier molecular flexibility index (Phi) is 3.99. The summed E-state index contributed by atoms with van der Waals surface area (Å²) in [6.07, 6.45) is 0. The first-order valence-corrected chi connectivity index (χ1v) is 15.8. The fraction of sp³-hybridized carbons (Fsp3) is 0. The maximum Gasteiger partial charge on any atom is 0.136 e. The molecule has 9 aromatic carbocycles. The van der Waals surface area contributed by atoms with Gasteiger partial charge in [0, 0.05) is 10.8 Å². The van der Waals surface area contributed by atoms with Gasteiger partial charge in [-0.15, -0.1) is 0 Å². The van der Waals surface area contributed by atoms with Gasteiger partial charge < -0.3 is 4.42 Å². The van der Waals surface area contributed by atoms with Crippen LogP contribution < -0.4 is 0 Å². The van der Waals surface area contributed by atoms with Crippen molar-refractivity contribution in [1.82, 2.24) is 0 Å². The van der Waals surface area contributed by atoms with Crippen molar-refractivity contribution in [3.63, 3.8) is 0 Å². The molecule has 10 rings (SSSR count). The lowest BCUT2D eigenvalue weighted by Gasteiger charge is -2.18. The summed E-state index contributed by atoms with van der Waals surface area (Å²) in [5, 5.41) is 2.72. The van der Waals surface area contributed by atoms with Crippen molar-refractivity contribution in [2.75, 3.05) is 0 Å². The lowest BCUT2D eigenvalue weighted by molar-refractivity contribution is 0.669. The second kappa shape index (κ2) is 11.1. The molecule has 1 nitrogen and oxygen atoms in total. The molecule has 0 fully saturated rings. The smallest absolute Gasteiger partial charge is 0.136 e. The van der Waals surface area contributed by atoms with Crippen molar-refractivity contribution in [2.45, 2.75) is 0 Å². The zero-order valence-electron chi connectivity index (χ0n) is 38.7. The summed E-state index contributed by atoms with van der Waals surface area (Å²) in [7, 11) is 0. The number of rotatable bonds is 4. The van der Waals surface area contributed by atoms with Gasteiger partial charge in [-0.05, 0) is 107 Å². The average molecular weight is 636 g/mol. The van der Waals surface area contributed by atoms with E-state index in [0.717, 1.165) is 55.0 Å². The minimum atomic E-state index is -0.712. The number of furan rings is 1. The minimum absolute atomic E-state index is 0.0833. The highest BCUT2D eigenvalue weighted by molar-refractivity contribution is 6.22. The molecule has 0 unspecified atom stereocenters. The lowest BCUT2D eigenvalue weighted by atomic mass is 9.85. The van der Waals surface area contributed by atoms with Crippen molar-refractivity contribution < 1.29 is 22.2 Å². The zero-order chi connectivity index (χ0) is 43.6. The summed E-state index contributed by atoms with van der Waals surface area (Å²) in [5.74, 6) is 0. The third-order valence-corrected chi connectivity index (χ3v) is 9.17. The summed E-state index contributed by atoms with van der Waals surface area (Å²) < 4.78 is 121. The fourth-order valence-corrected chi connectivity index (χ4v) is 6.98. The standard InChI is InChI=1S/C48H30O/c1-3-12-31(13-4-1)35-26-27-44-43(30-35)48-38(20-11-21-45(48)49-44)36-24-22-34-29-37(25-23-33(34)28-36)47-41-18-9-7-16-39(41)46(32-14-5-2-6-15-32)40-17-8-10-19-42(40)47/h1-30H/i2D,5D,6D,7D,8D,9D,10D,14D,15D,16D,17D,18D,19D. The van der Waals surface area contributed by atoms with Crippen molar-refractivity contribution >= 4 is 54.3 Å². The first-order chi connectivity index (χ1) is 29.7. The summed E-state index contributed by atoms with van der Waals surface area (Å²) in [5.41, 5.74) is 5.18. The maximum absolute atomic E-state index is 9.27. The molecule has 0 spiro atoms. The Morgan fingerprint density at radius 2 is 0.959 bits per heavy atom. The molecule has 0 saturated carbocycles. The van der Waals surface area contributed by atoms with Crippen molar-refractivity contribution in [3.05, 3.63) is 182 Å². The van der Waals surface area contributed by atoms with E-state index >= 15 is 0 Å². The van der Waals surface area contributed by atoms with Crippen molar-refractivity contribution in [2.24, 2.45) is 0 Å². The van der Waals surface area contributed by atoms with E-state index in [4.69, 9.17) is 16.8 Å².